The monoisotopic (exact) mass is 453 g/mol. The molecule has 1 N–H and O–H groups in total. The number of nitrogens with zero attached hydrogens (tertiary/aromatic N) is 2. The Morgan fingerprint density at radius 3 is 2.41 bits per heavy atom. The molecule has 5 rings (SSSR count). The number of hydrogen-bond acceptors (Lipinski definition) is 3. The lowest BCUT2D eigenvalue weighted by molar-refractivity contribution is -0.122. The van der Waals surface area contributed by atoms with Crippen LogP contribution in [0.25, 0.3) is 10.9 Å². The van der Waals surface area contributed by atoms with Crippen LogP contribution in [0.5, 0.6) is 5.75 Å². The molecule has 1 aliphatic heterocycles. The fraction of sp³-hybridized carbons (Fsp3) is 0.214. The zero-order chi connectivity index (χ0) is 23.7. The first-order valence-corrected chi connectivity index (χ1v) is 11.4. The Labute approximate surface area is 198 Å². The van der Waals surface area contributed by atoms with Crippen LogP contribution < -0.4 is 10.1 Å². The van der Waals surface area contributed by atoms with Crippen LogP contribution in [0.2, 0.25) is 0 Å². The van der Waals surface area contributed by atoms with Crippen molar-refractivity contribution in [2.24, 2.45) is 7.05 Å². The van der Waals surface area contributed by atoms with E-state index in [0.717, 1.165) is 39.8 Å². The van der Waals surface area contributed by atoms with E-state index in [1.807, 2.05) is 90.5 Å². The number of fused-ring (bicyclic) bond motifs is 3. The van der Waals surface area contributed by atoms with Crippen molar-refractivity contribution in [3.05, 3.63) is 101 Å². The fourth-order valence-corrected chi connectivity index (χ4v) is 4.86. The molecule has 0 radical (unpaired) electrons. The number of carbonyl (C=O) groups excluding carboxylic acids is 2. The highest BCUT2D eigenvalue weighted by Crippen LogP contribution is 2.43. The average Bonchev–Trinajstić information content (AvgIpc) is 3.32. The van der Waals surface area contributed by atoms with Gasteiger partial charge in [-0.2, -0.15) is 0 Å². The summed E-state index contributed by atoms with van der Waals surface area (Å²) in [5.74, 6) is 0.448. The van der Waals surface area contributed by atoms with Crippen LogP contribution in [0.4, 0.5) is 0 Å². The van der Waals surface area contributed by atoms with E-state index in [1.165, 1.54) is 0 Å². The van der Waals surface area contributed by atoms with Crippen LogP contribution in [0.3, 0.4) is 0 Å². The van der Waals surface area contributed by atoms with Crippen LogP contribution in [0.15, 0.2) is 78.9 Å². The Hall–Kier alpha value is -4.06. The summed E-state index contributed by atoms with van der Waals surface area (Å²) < 4.78 is 7.26. The molecule has 4 aromatic rings. The SMILES string of the molecule is COc1ccc(C2c3c(n(C)c4ccccc34)C(=O)N2CC(=O)NCCc2ccccc2)cc1. The van der Waals surface area contributed by atoms with Gasteiger partial charge in [0.2, 0.25) is 5.91 Å². The highest BCUT2D eigenvalue weighted by Gasteiger charge is 2.42. The van der Waals surface area contributed by atoms with E-state index in [0.29, 0.717) is 12.2 Å². The lowest BCUT2D eigenvalue weighted by Gasteiger charge is -2.26. The molecule has 0 fully saturated rings. The van der Waals surface area contributed by atoms with Crippen molar-refractivity contribution in [3.8, 4) is 5.75 Å². The Kier molecular flexibility index (Phi) is 5.80. The zero-order valence-electron chi connectivity index (χ0n) is 19.3. The molecule has 0 saturated heterocycles. The van der Waals surface area contributed by atoms with E-state index < -0.39 is 0 Å². The number of benzene rings is 3. The smallest absolute Gasteiger partial charge is 0.272 e. The predicted octanol–water partition coefficient (Wildman–Crippen LogP) is 4.09. The molecule has 0 saturated carbocycles. The lowest BCUT2D eigenvalue weighted by atomic mass is 9.98. The Morgan fingerprint density at radius 1 is 0.971 bits per heavy atom. The van der Waals surface area contributed by atoms with Gasteiger partial charge in [0.25, 0.3) is 5.91 Å². The summed E-state index contributed by atoms with van der Waals surface area (Å²) in [5, 5.41) is 4.01. The van der Waals surface area contributed by atoms with Crippen LogP contribution in [0.1, 0.15) is 33.2 Å². The number of methoxy groups -OCH3 is 1. The van der Waals surface area contributed by atoms with Crippen molar-refractivity contribution in [2.75, 3.05) is 20.2 Å². The molecule has 0 aliphatic carbocycles. The first-order valence-electron chi connectivity index (χ1n) is 11.4. The van der Waals surface area contributed by atoms with Crippen LogP contribution in [-0.4, -0.2) is 41.5 Å². The van der Waals surface area contributed by atoms with Crippen LogP contribution in [0, 0.1) is 0 Å². The number of para-hydroxylation sites is 1. The molecule has 3 aromatic carbocycles. The summed E-state index contributed by atoms with van der Waals surface area (Å²) in [5.41, 5.74) is 4.70. The number of ether oxygens (including phenoxy) is 1. The molecule has 0 spiro atoms. The number of aromatic nitrogens is 1. The number of rotatable bonds is 7. The van der Waals surface area contributed by atoms with Gasteiger partial charge in [0, 0.05) is 30.1 Å². The molecular weight excluding hydrogens is 426 g/mol. The minimum absolute atomic E-state index is 0.00662. The highest BCUT2D eigenvalue weighted by molar-refractivity contribution is 6.07. The molecule has 1 unspecified atom stereocenters. The molecule has 6 nitrogen and oxygen atoms in total. The average molecular weight is 454 g/mol. The summed E-state index contributed by atoms with van der Waals surface area (Å²) in [4.78, 5) is 28.2. The van der Waals surface area contributed by atoms with Gasteiger partial charge in [0.1, 0.15) is 18.0 Å². The Morgan fingerprint density at radius 2 is 1.68 bits per heavy atom. The normalized spacial score (nSPS) is 14.9. The maximum absolute atomic E-state index is 13.6. The summed E-state index contributed by atoms with van der Waals surface area (Å²) in [6.07, 6.45) is 0.743. The third-order valence-corrected chi connectivity index (χ3v) is 6.52. The number of carbonyl (C=O) groups is 2. The number of amides is 2. The summed E-state index contributed by atoms with van der Waals surface area (Å²) in [6.45, 7) is 0.515. The topological polar surface area (TPSA) is 63.6 Å². The van der Waals surface area contributed by atoms with E-state index in [2.05, 4.69) is 5.32 Å². The maximum atomic E-state index is 13.6. The quantitative estimate of drug-likeness (QED) is 0.458. The van der Waals surface area contributed by atoms with Crippen molar-refractivity contribution in [3.63, 3.8) is 0 Å². The molecule has 34 heavy (non-hydrogen) atoms. The van der Waals surface area contributed by atoms with Gasteiger partial charge in [0.15, 0.2) is 0 Å². The summed E-state index contributed by atoms with van der Waals surface area (Å²) in [7, 11) is 3.54. The number of aryl methyl sites for hydroxylation is 1. The maximum Gasteiger partial charge on any atom is 0.272 e. The van der Waals surface area contributed by atoms with E-state index in [4.69, 9.17) is 4.74 Å². The van der Waals surface area contributed by atoms with Gasteiger partial charge in [0.05, 0.1) is 13.2 Å². The second kappa shape index (κ2) is 9.06. The van der Waals surface area contributed by atoms with Gasteiger partial charge < -0.3 is 19.5 Å². The fourth-order valence-electron chi connectivity index (χ4n) is 4.86. The minimum atomic E-state index is -0.348. The van der Waals surface area contributed by atoms with Gasteiger partial charge in [-0.25, -0.2) is 0 Å². The second-order valence-electron chi connectivity index (χ2n) is 8.53. The minimum Gasteiger partial charge on any atom is -0.497 e. The molecule has 1 aliphatic rings. The van der Waals surface area contributed by atoms with Crippen LogP contribution >= 0.6 is 0 Å². The van der Waals surface area contributed by atoms with Crippen molar-refractivity contribution >= 4 is 22.7 Å². The van der Waals surface area contributed by atoms with Crippen molar-refractivity contribution in [1.82, 2.24) is 14.8 Å². The predicted molar refractivity (Wildman–Crippen MR) is 132 cm³/mol. The Balaban J connectivity index is 1.44. The first-order chi connectivity index (χ1) is 16.6. The number of hydrogen-bond donors (Lipinski definition) is 1. The second-order valence-corrected chi connectivity index (χ2v) is 8.53. The van der Waals surface area contributed by atoms with Gasteiger partial charge >= 0.3 is 0 Å². The van der Waals surface area contributed by atoms with Gasteiger partial charge in [-0.05, 0) is 35.7 Å². The largest absolute Gasteiger partial charge is 0.497 e. The first kappa shape index (κ1) is 21.8. The van der Waals surface area contributed by atoms with Gasteiger partial charge in [-0.1, -0.05) is 60.7 Å². The van der Waals surface area contributed by atoms with Crippen molar-refractivity contribution in [1.29, 1.82) is 0 Å². The standard InChI is InChI=1S/C28H27N3O3/c1-30-23-11-7-6-10-22(23)25-26(20-12-14-21(34-2)15-13-20)31(28(33)27(25)30)18-24(32)29-17-16-19-8-4-3-5-9-19/h3-15,26H,16-18H2,1-2H3,(H,29,32). The van der Waals surface area contributed by atoms with E-state index in [1.54, 1.807) is 12.0 Å². The lowest BCUT2D eigenvalue weighted by Crippen LogP contribution is -2.40. The van der Waals surface area contributed by atoms with E-state index in [9.17, 15) is 9.59 Å². The molecule has 6 heteroatoms. The summed E-state index contributed by atoms with van der Waals surface area (Å²) >= 11 is 0. The third-order valence-electron chi connectivity index (χ3n) is 6.52. The molecular formula is C28H27N3O3. The molecule has 172 valence electrons. The van der Waals surface area contributed by atoms with E-state index >= 15 is 0 Å². The molecule has 1 aromatic heterocycles. The van der Waals surface area contributed by atoms with Crippen molar-refractivity contribution in [2.45, 2.75) is 12.5 Å². The van der Waals surface area contributed by atoms with Crippen molar-refractivity contribution < 1.29 is 14.3 Å². The number of nitrogens with one attached hydrogen (secondary N) is 1. The third kappa shape index (κ3) is 3.81. The zero-order valence-corrected chi connectivity index (χ0v) is 19.3. The van der Waals surface area contributed by atoms with E-state index in [-0.39, 0.29) is 24.4 Å². The van der Waals surface area contributed by atoms with Gasteiger partial charge in [-0.3, -0.25) is 9.59 Å². The molecule has 1 atom stereocenters. The molecule has 0 bridgehead atoms. The van der Waals surface area contributed by atoms with Gasteiger partial charge in [-0.15, -0.1) is 0 Å². The molecule has 2 amide bonds. The molecule has 2 heterocycles. The van der Waals surface area contributed by atoms with Crippen LogP contribution in [-0.2, 0) is 18.3 Å². The Bertz CT molecular complexity index is 1340. The summed E-state index contributed by atoms with van der Waals surface area (Å²) in [6, 6.07) is 25.4. The highest BCUT2D eigenvalue weighted by atomic mass is 16.5.